The van der Waals surface area contributed by atoms with Crippen molar-refractivity contribution in [3.05, 3.63) is 16.1 Å². The zero-order chi connectivity index (χ0) is 10.7. The number of rotatable bonds is 2. The fourth-order valence-electron chi connectivity index (χ4n) is 1.74. The Balaban J connectivity index is 2.08. The highest BCUT2D eigenvalue weighted by molar-refractivity contribution is 7.13. The van der Waals surface area contributed by atoms with E-state index in [2.05, 4.69) is 15.6 Å². The topological polar surface area (TPSA) is 54.0 Å². The van der Waals surface area contributed by atoms with Crippen molar-refractivity contribution < 1.29 is 4.79 Å². The minimum absolute atomic E-state index is 0.0467. The first-order valence-electron chi connectivity index (χ1n) is 5.22. The van der Waals surface area contributed by atoms with Crippen LogP contribution in [0, 0.1) is 0 Å². The van der Waals surface area contributed by atoms with Crippen molar-refractivity contribution in [2.45, 2.75) is 25.3 Å². The molecule has 1 aliphatic rings. The highest BCUT2D eigenvalue weighted by atomic mass is 32.1. The highest BCUT2D eigenvalue weighted by Crippen LogP contribution is 2.26. The van der Waals surface area contributed by atoms with Crippen LogP contribution < -0.4 is 10.6 Å². The third kappa shape index (κ3) is 2.35. The Morgan fingerprint density at radius 2 is 2.53 bits per heavy atom. The second-order valence-electron chi connectivity index (χ2n) is 3.64. The Bertz CT molecular complexity index is 344. The highest BCUT2D eigenvalue weighted by Gasteiger charge is 2.19. The van der Waals surface area contributed by atoms with Gasteiger partial charge in [0.05, 0.1) is 12.2 Å². The molecule has 2 rings (SSSR count). The van der Waals surface area contributed by atoms with Gasteiger partial charge in [0, 0.05) is 7.05 Å². The van der Waals surface area contributed by atoms with Crippen LogP contribution in [0.2, 0.25) is 0 Å². The summed E-state index contributed by atoms with van der Waals surface area (Å²) in [6, 6.07) is 0.349. The lowest BCUT2D eigenvalue weighted by molar-refractivity contribution is 0.0967. The molecule has 0 unspecified atom stereocenters. The average Bonchev–Trinajstić information content (AvgIpc) is 2.78. The number of hydrogen-bond acceptors (Lipinski definition) is 4. The van der Waals surface area contributed by atoms with E-state index in [0.29, 0.717) is 10.9 Å². The van der Waals surface area contributed by atoms with Crippen LogP contribution in [0.4, 0.5) is 0 Å². The maximum absolute atomic E-state index is 11.3. The first-order chi connectivity index (χ1) is 7.31. The molecule has 0 spiro atoms. The standard InChI is InChI=1S/C10H15N3OS/c1-11-9(14)8-6-13-10(15-8)7-4-2-3-5-12-7/h6-7,12H,2-5H2,1H3,(H,11,14)/t7-/m1/s1. The zero-order valence-corrected chi connectivity index (χ0v) is 9.56. The van der Waals surface area contributed by atoms with Crippen LogP contribution in [-0.2, 0) is 0 Å². The van der Waals surface area contributed by atoms with Crippen molar-refractivity contribution in [2.75, 3.05) is 13.6 Å². The van der Waals surface area contributed by atoms with E-state index in [1.807, 2.05) is 0 Å². The summed E-state index contributed by atoms with van der Waals surface area (Å²) in [5.74, 6) is -0.0467. The normalized spacial score (nSPS) is 21.3. The number of amides is 1. The van der Waals surface area contributed by atoms with Gasteiger partial charge in [-0.05, 0) is 19.4 Å². The van der Waals surface area contributed by atoms with Gasteiger partial charge in [-0.3, -0.25) is 4.79 Å². The summed E-state index contributed by atoms with van der Waals surface area (Å²) in [6.07, 6.45) is 5.27. The van der Waals surface area contributed by atoms with E-state index in [0.717, 1.165) is 18.0 Å². The molecule has 0 aromatic carbocycles. The summed E-state index contributed by atoms with van der Waals surface area (Å²) < 4.78 is 0. The first kappa shape index (κ1) is 10.6. The van der Waals surface area contributed by atoms with E-state index >= 15 is 0 Å². The summed E-state index contributed by atoms with van der Waals surface area (Å²) in [5.41, 5.74) is 0. The molecule has 0 saturated carbocycles. The summed E-state index contributed by atoms with van der Waals surface area (Å²) in [4.78, 5) is 16.3. The van der Waals surface area contributed by atoms with Gasteiger partial charge in [0.25, 0.3) is 5.91 Å². The number of piperidine rings is 1. The summed E-state index contributed by atoms with van der Waals surface area (Å²) >= 11 is 1.49. The number of hydrogen-bond donors (Lipinski definition) is 2. The number of carbonyl (C=O) groups excluding carboxylic acids is 1. The molecular weight excluding hydrogens is 210 g/mol. The molecule has 1 fully saturated rings. The van der Waals surface area contributed by atoms with Gasteiger partial charge >= 0.3 is 0 Å². The third-order valence-corrected chi connectivity index (χ3v) is 3.69. The lowest BCUT2D eigenvalue weighted by Crippen LogP contribution is -2.26. The number of aromatic nitrogens is 1. The fraction of sp³-hybridized carbons (Fsp3) is 0.600. The largest absolute Gasteiger partial charge is 0.354 e. The molecule has 1 aromatic rings. The molecule has 4 nitrogen and oxygen atoms in total. The molecule has 2 N–H and O–H groups in total. The zero-order valence-electron chi connectivity index (χ0n) is 8.75. The Labute approximate surface area is 93.1 Å². The fourth-order valence-corrected chi connectivity index (χ4v) is 2.71. The SMILES string of the molecule is CNC(=O)c1cnc([C@H]2CCCCN2)s1. The number of carbonyl (C=O) groups is 1. The van der Waals surface area contributed by atoms with Gasteiger partial charge in [-0.15, -0.1) is 11.3 Å². The molecule has 1 aliphatic heterocycles. The lowest BCUT2D eigenvalue weighted by atomic mass is 10.1. The molecule has 1 amide bonds. The lowest BCUT2D eigenvalue weighted by Gasteiger charge is -2.20. The molecule has 0 radical (unpaired) electrons. The smallest absolute Gasteiger partial charge is 0.262 e. The van der Waals surface area contributed by atoms with Crippen molar-refractivity contribution in [1.82, 2.24) is 15.6 Å². The summed E-state index contributed by atoms with van der Waals surface area (Å²) in [7, 11) is 1.64. The first-order valence-corrected chi connectivity index (χ1v) is 6.04. The van der Waals surface area contributed by atoms with Crippen LogP contribution in [-0.4, -0.2) is 24.5 Å². The van der Waals surface area contributed by atoms with Crippen LogP contribution in [0.25, 0.3) is 0 Å². The minimum atomic E-state index is -0.0467. The average molecular weight is 225 g/mol. The number of nitrogens with zero attached hydrogens (tertiary/aromatic N) is 1. The van der Waals surface area contributed by atoms with Crippen LogP contribution in [0.1, 0.15) is 40.0 Å². The molecule has 1 aromatic heterocycles. The molecule has 15 heavy (non-hydrogen) atoms. The molecule has 0 aliphatic carbocycles. The van der Waals surface area contributed by atoms with E-state index in [9.17, 15) is 4.79 Å². The molecule has 5 heteroatoms. The van der Waals surface area contributed by atoms with Crippen molar-refractivity contribution in [2.24, 2.45) is 0 Å². The number of nitrogens with one attached hydrogen (secondary N) is 2. The molecular formula is C10H15N3OS. The van der Waals surface area contributed by atoms with E-state index in [-0.39, 0.29) is 5.91 Å². The second-order valence-corrected chi connectivity index (χ2v) is 4.71. The molecule has 82 valence electrons. The Morgan fingerprint density at radius 3 is 3.20 bits per heavy atom. The van der Waals surface area contributed by atoms with Gasteiger partial charge in [-0.2, -0.15) is 0 Å². The minimum Gasteiger partial charge on any atom is -0.354 e. The van der Waals surface area contributed by atoms with E-state index < -0.39 is 0 Å². The van der Waals surface area contributed by atoms with Crippen molar-refractivity contribution in [3.8, 4) is 0 Å². The molecule has 1 atom stereocenters. The van der Waals surface area contributed by atoms with Crippen LogP contribution in [0.15, 0.2) is 6.20 Å². The Kier molecular flexibility index (Phi) is 3.33. The van der Waals surface area contributed by atoms with Gasteiger partial charge in [-0.25, -0.2) is 4.98 Å². The second kappa shape index (κ2) is 4.72. The van der Waals surface area contributed by atoms with Gasteiger partial charge in [0.2, 0.25) is 0 Å². The molecule has 2 heterocycles. The molecule has 1 saturated heterocycles. The Hall–Kier alpha value is -0.940. The predicted molar refractivity (Wildman–Crippen MR) is 60.1 cm³/mol. The summed E-state index contributed by atoms with van der Waals surface area (Å²) in [6.45, 7) is 1.06. The van der Waals surface area contributed by atoms with Crippen molar-refractivity contribution in [1.29, 1.82) is 0 Å². The van der Waals surface area contributed by atoms with E-state index in [1.165, 1.54) is 24.2 Å². The predicted octanol–water partition coefficient (Wildman–Crippen LogP) is 1.32. The molecule has 0 bridgehead atoms. The van der Waals surface area contributed by atoms with E-state index in [4.69, 9.17) is 0 Å². The maximum Gasteiger partial charge on any atom is 0.262 e. The third-order valence-electron chi connectivity index (χ3n) is 2.58. The van der Waals surface area contributed by atoms with E-state index in [1.54, 1.807) is 13.2 Å². The number of thiazole rings is 1. The van der Waals surface area contributed by atoms with Crippen LogP contribution >= 0.6 is 11.3 Å². The van der Waals surface area contributed by atoms with Crippen molar-refractivity contribution >= 4 is 17.2 Å². The van der Waals surface area contributed by atoms with Crippen molar-refractivity contribution in [3.63, 3.8) is 0 Å². The van der Waals surface area contributed by atoms with Gasteiger partial charge in [0.15, 0.2) is 0 Å². The van der Waals surface area contributed by atoms with Crippen LogP contribution in [0.3, 0.4) is 0 Å². The van der Waals surface area contributed by atoms with Gasteiger partial charge in [-0.1, -0.05) is 6.42 Å². The summed E-state index contributed by atoms with van der Waals surface area (Å²) in [5, 5.41) is 7.07. The van der Waals surface area contributed by atoms with Crippen LogP contribution in [0.5, 0.6) is 0 Å². The quantitative estimate of drug-likeness (QED) is 0.798. The van der Waals surface area contributed by atoms with Gasteiger partial charge in [0.1, 0.15) is 9.88 Å². The maximum atomic E-state index is 11.3. The monoisotopic (exact) mass is 225 g/mol. The van der Waals surface area contributed by atoms with Gasteiger partial charge < -0.3 is 10.6 Å². The Morgan fingerprint density at radius 1 is 1.67 bits per heavy atom.